The second-order valence-electron chi connectivity index (χ2n) is 15.6. The van der Waals surface area contributed by atoms with Gasteiger partial charge in [-0.25, -0.2) is 9.55 Å². The lowest BCUT2D eigenvalue weighted by atomic mass is 10.2. The van der Waals surface area contributed by atoms with Crippen molar-refractivity contribution >= 4 is 78.5 Å². The van der Waals surface area contributed by atoms with Crippen molar-refractivity contribution in [2.24, 2.45) is 0 Å². The van der Waals surface area contributed by atoms with Gasteiger partial charge >= 0.3 is 0 Å². The molecule has 0 amide bonds. The van der Waals surface area contributed by atoms with Crippen LogP contribution in [0.4, 0.5) is 0 Å². The van der Waals surface area contributed by atoms with Gasteiger partial charge in [0.1, 0.15) is 0 Å². The smallest absolute Gasteiger partial charge is 0.242 e. The highest BCUT2D eigenvalue weighted by atomic mass is 28.3. The lowest BCUT2D eigenvalue weighted by molar-refractivity contribution is 0.885. The normalized spacial score (nSPS) is 12.0. The monoisotopic (exact) mass is 799 g/mol. The number of aromatic nitrogens is 7. The van der Waals surface area contributed by atoms with Gasteiger partial charge < -0.3 is 0 Å². The fourth-order valence-corrected chi connectivity index (χ4v) is 14.2. The van der Waals surface area contributed by atoms with E-state index in [0.717, 1.165) is 55.2 Å². The summed E-state index contributed by atoms with van der Waals surface area (Å²) in [5.74, 6) is 2.33. The van der Waals surface area contributed by atoms with E-state index >= 15 is 0 Å². The van der Waals surface area contributed by atoms with Gasteiger partial charge in [0.15, 0.2) is 13.9 Å². The first-order valence-corrected chi connectivity index (χ1v) is 22.6. The molecule has 4 aromatic heterocycles. The van der Waals surface area contributed by atoms with Gasteiger partial charge in [0, 0.05) is 16.3 Å². The molecule has 0 atom stereocenters. The fourth-order valence-electron chi connectivity index (χ4n) is 9.44. The molecule has 0 fully saturated rings. The maximum Gasteiger partial charge on any atom is 0.242 e. The zero-order valence-electron chi connectivity index (χ0n) is 33.3. The molecule has 0 bridgehead atoms. The molecule has 0 aliphatic rings. The first-order chi connectivity index (χ1) is 30.2. The first kappa shape index (κ1) is 35.0. The Morgan fingerprint density at radius 1 is 0.377 bits per heavy atom. The minimum Gasteiger partial charge on any atom is -0.278 e. The minimum atomic E-state index is -2.88. The molecule has 0 unspecified atom stereocenters. The van der Waals surface area contributed by atoms with E-state index in [1.165, 1.54) is 26.3 Å². The predicted molar refractivity (Wildman–Crippen MR) is 251 cm³/mol. The van der Waals surface area contributed by atoms with Gasteiger partial charge in [-0.3, -0.25) is 8.97 Å². The van der Waals surface area contributed by atoms with Crippen molar-refractivity contribution in [1.29, 1.82) is 0 Å². The van der Waals surface area contributed by atoms with Crippen LogP contribution in [0, 0.1) is 6.92 Å². The van der Waals surface area contributed by atoms with Crippen LogP contribution < -0.4 is 20.7 Å². The zero-order chi connectivity index (χ0) is 40.5. The molecular formula is C53H37N7Si. The summed E-state index contributed by atoms with van der Waals surface area (Å²) in [4.78, 5) is 21.5. The number of aryl methyl sites for hydroxylation is 1. The van der Waals surface area contributed by atoms with E-state index in [9.17, 15) is 0 Å². The molecule has 0 saturated heterocycles. The summed E-state index contributed by atoms with van der Waals surface area (Å²) in [6.07, 6.45) is 0. The van der Waals surface area contributed by atoms with Gasteiger partial charge in [-0.05, 0) is 64.1 Å². The van der Waals surface area contributed by atoms with Crippen LogP contribution in [0.15, 0.2) is 206 Å². The highest BCUT2D eigenvalue weighted by Gasteiger charge is 2.41. The number of para-hydroxylation sites is 6. The molecule has 0 aliphatic carbocycles. The van der Waals surface area contributed by atoms with Crippen molar-refractivity contribution in [3.05, 3.63) is 212 Å². The molecule has 61 heavy (non-hydrogen) atoms. The van der Waals surface area contributed by atoms with Crippen LogP contribution in [-0.2, 0) is 0 Å². The summed E-state index contributed by atoms with van der Waals surface area (Å²) < 4.78 is 6.46. The van der Waals surface area contributed by atoms with Crippen molar-refractivity contribution in [1.82, 2.24) is 33.5 Å². The van der Waals surface area contributed by atoms with Crippen molar-refractivity contribution in [3.8, 4) is 23.3 Å². The third kappa shape index (κ3) is 5.36. The van der Waals surface area contributed by atoms with Crippen molar-refractivity contribution in [3.63, 3.8) is 0 Å². The molecule has 12 aromatic rings. The molecule has 0 spiro atoms. The number of imidazole rings is 2. The molecule has 0 saturated carbocycles. The molecular weight excluding hydrogens is 763 g/mol. The maximum atomic E-state index is 5.43. The van der Waals surface area contributed by atoms with Crippen LogP contribution in [0.1, 0.15) is 5.56 Å². The third-order valence-corrected chi connectivity index (χ3v) is 16.9. The van der Waals surface area contributed by atoms with E-state index in [4.69, 9.17) is 19.9 Å². The Labute approximate surface area is 352 Å². The topological polar surface area (TPSA) is 65.8 Å². The van der Waals surface area contributed by atoms with E-state index in [0.29, 0.717) is 17.7 Å². The quantitative estimate of drug-likeness (QED) is 0.119. The molecule has 0 radical (unpaired) electrons. The van der Waals surface area contributed by atoms with E-state index in [2.05, 4.69) is 221 Å². The lowest BCUT2D eigenvalue weighted by Crippen LogP contribution is -2.74. The summed E-state index contributed by atoms with van der Waals surface area (Å²) in [5.41, 5.74) is 8.08. The number of fused-ring (bicyclic) bond motifs is 8. The Bertz CT molecular complexity index is 3510. The average molecular weight is 800 g/mol. The molecule has 4 heterocycles. The molecule has 7 nitrogen and oxygen atoms in total. The Morgan fingerprint density at radius 2 is 0.885 bits per heavy atom. The third-order valence-electron chi connectivity index (χ3n) is 12.2. The van der Waals surface area contributed by atoms with Gasteiger partial charge in [0.05, 0.1) is 33.1 Å². The highest BCUT2D eigenvalue weighted by Crippen LogP contribution is 2.33. The van der Waals surface area contributed by atoms with Crippen molar-refractivity contribution in [2.75, 3.05) is 0 Å². The van der Waals surface area contributed by atoms with Crippen LogP contribution in [0.3, 0.4) is 0 Å². The van der Waals surface area contributed by atoms with E-state index < -0.39 is 8.07 Å². The number of benzene rings is 8. The minimum absolute atomic E-state index is 0.488. The van der Waals surface area contributed by atoms with E-state index in [1.54, 1.807) is 0 Å². The molecule has 8 aromatic carbocycles. The Hall–Kier alpha value is -7.94. The fraction of sp³-hybridized carbons (Fsp3) is 0.0189. The molecule has 288 valence electrons. The summed E-state index contributed by atoms with van der Waals surface area (Å²) in [6, 6.07) is 73.7. The van der Waals surface area contributed by atoms with E-state index in [-0.39, 0.29) is 0 Å². The second-order valence-corrected chi connectivity index (χ2v) is 19.4. The van der Waals surface area contributed by atoms with Gasteiger partial charge in [-0.15, -0.1) is 0 Å². The standard InChI is InChI=1S/C53H37N7Si/c1-36-31-33-40(34-32-36)61(38-18-4-2-5-19-38,39-20-6-3-7-21-39)41-22-16-17-37(35-41)50-55-51(58-45-26-11-8-23-42(45)43-24-9-12-27-46(43)58)57-52(56-50)60-49-30-15-14-29-48(49)59-47-28-13-10-25-44(47)54-53(59)60/h2-35H,1H3. The van der Waals surface area contributed by atoms with Crippen LogP contribution in [-0.4, -0.2) is 41.5 Å². The average Bonchev–Trinajstić information content (AvgIpc) is 3.98. The highest BCUT2D eigenvalue weighted by molar-refractivity contribution is 7.19. The predicted octanol–water partition coefficient (Wildman–Crippen LogP) is 9.07. The van der Waals surface area contributed by atoms with Crippen molar-refractivity contribution < 1.29 is 0 Å². The number of hydrogen-bond acceptors (Lipinski definition) is 4. The molecule has 0 aliphatic heterocycles. The van der Waals surface area contributed by atoms with Crippen molar-refractivity contribution in [2.45, 2.75) is 6.92 Å². The Morgan fingerprint density at radius 3 is 1.54 bits per heavy atom. The van der Waals surface area contributed by atoms with E-state index in [1.807, 2.05) is 6.07 Å². The van der Waals surface area contributed by atoms with Gasteiger partial charge in [0.25, 0.3) is 0 Å². The summed E-state index contributed by atoms with van der Waals surface area (Å²) in [6.45, 7) is 2.15. The van der Waals surface area contributed by atoms with Crippen LogP contribution in [0.25, 0.3) is 72.9 Å². The second kappa shape index (κ2) is 13.8. The first-order valence-electron chi connectivity index (χ1n) is 20.6. The SMILES string of the molecule is Cc1ccc([Si](c2ccccc2)(c2ccccc2)c2cccc(-c3nc(-n4c5ccccc5c5ccccc54)nc(-n4c5ccccc5n5c6ccccc6nc45)n3)c2)cc1. The van der Waals surface area contributed by atoms with Gasteiger partial charge in [0.2, 0.25) is 17.7 Å². The maximum absolute atomic E-state index is 5.43. The molecule has 8 heteroatoms. The Balaban J connectivity index is 1.17. The summed E-state index contributed by atoms with van der Waals surface area (Å²) >= 11 is 0. The Kier molecular flexibility index (Phi) is 7.94. The zero-order valence-corrected chi connectivity index (χ0v) is 34.3. The summed E-state index contributed by atoms with van der Waals surface area (Å²) in [7, 11) is -2.88. The van der Waals surface area contributed by atoms with Gasteiger partial charge in [-0.1, -0.05) is 175 Å². The van der Waals surface area contributed by atoms with Crippen LogP contribution in [0.2, 0.25) is 0 Å². The number of nitrogens with zero attached hydrogens (tertiary/aromatic N) is 7. The van der Waals surface area contributed by atoms with Crippen LogP contribution in [0.5, 0.6) is 0 Å². The largest absolute Gasteiger partial charge is 0.278 e. The van der Waals surface area contributed by atoms with Gasteiger partial charge in [-0.2, -0.15) is 15.0 Å². The van der Waals surface area contributed by atoms with Crippen LogP contribution >= 0.6 is 0 Å². The number of rotatable bonds is 7. The lowest BCUT2D eigenvalue weighted by Gasteiger charge is -2.34. The molecule has 12 rings (SSSR count). The molecule has 0 N–H and O–H groups in total. The number of hydrogen-bond donors (Lipinski definition) is 0. The summed E-state index contributed by atoms with van der Waals surface area (Å²) in [5, 5.41) is 7.42.